The lowest BCUT2D eigenvalue weighted by Crippen LogP contribution is -2.54. The summed E-state index contributed by atoms with van der Waals surface area (Å²) >= 11 is 0. The molecule has 0 unspecified atom stereocenters. The first-order valence-corrected chi connectivity index (χ1v) is 10.3. The molecule has 6 nitrogen and oxygen atoms in total. The molecule has 0 spiro atoms. The zero-order chi connectivity index (χ0) is 19.2. The van der Waals surface area contributed by atoms with E-state index >= 15 is 0 Å². The van der Waals surface area contributed by atoms with E-state index in [0.29, 0.717) is 17.7 Å². The van der Waals surface area contributed by atoms with E-state index in [2.05, 4.69) is 38.9 Å². The molecule has 2 aliphatic rings. The molecule has 6 heteroatoms. The highest BCUT2D eigenvalue weighted by molar-refractivity contribution is 5.80. The van der Waals surface area contributed by atoms with Gasteiger partial charge in [-0.2, -0.15) is 0 Å². The first-order valence-electron chi connectivity index (χ1n) is 10.3. The number of hydrogen-bond donors (Lipinski definition) is 2. The zero-order valence-electron chi connectivity index (χ0n) is 17.1. The summed E-state index contributed by atoms with van der Waals surface area (Å²) in [6.45, 7) is 11.6. The van der Waals surface area contributed by atoms with Crippen LogP contribution in [0.15, 0.2) is 29.3 Å². The van der Waals surface area contributed by atoms with Gasteiger partial charge in [0.05, 0.1) is 5.69 Å². The van der Waals surface area contributed by atoms with Crippen LogP contribution in [-0.2, 0) is 0 Å². The molecule has 2 saturated heterocycles. The molecule has 1 atom stereocenters. The van der Waals surface area contributed by atoms with Crippen molar-refractivity contribution in [2.75, 3.05) is 57.8 Å². The Kier molecular flexibility index (Phi) is 6.83. The number of rotatable bonds is 5. The van der Waals surface area contributed by atoms with E-state index in [1.165, 1.54) is 25.9 Å². The molecule has 0 saturated carbocycles. The van der Waals surface area contributed by atoms with Gasteiger partial charge in [-0.15, -0.1) is 0 Å². The molecule has 0 amide bonds. The van der Waals surface area contributed by atoms with Gasteiger partial charge in [-0.25, -0.2) is 0 Å². The number of phenolic OH excluding ortho intramolecular Hbond substituents is 1. The van der Waals surface area contributed by atoms with Gasteiger partial charge >= 0.3 is 0 Å². The topological polar surface area (TPSA) is 54.3 Å². The van der Waals surface area contributed by atoms with Crippen molar-refractivity contribution >= 4 is 11.6 Å². The van der Waals surface area contributed by atoms with Gasteiger partial charge in [0.15, 0.2) is 5.96 Å². The van der Waals surface area contributed by atoms with E-state index in [0.717, 1.165) is 44.4 Å². The van der Waals surface area contributed by atoms with Crippen LogP contribution in [0.4, 0.5) is 5.69 Å². The number of likely N-dealkylation sites (tertiary alicyclic amines) is 1. The van der Waals surface area contributed by atoms with Crippen molar-refractivity contribution in [2.45, 2.75) is 32.7 Å². The van der Waals surface area contributed by atoms with Gasteiger partial charge in [0.2, 0.25) is 0 Å². The van der Waals surface area contributed by atoms with E-state index < -0.39 is 0 Å². The Balaban J connectivity index is 1.50. The third-order valence-corrected chi connectivity index (χ3v) is 5.61. The lowest BCUT2D eigenvalue weighted by atomic mass is 10.1. The van der Waals surface area contributed by atoms with Crippen LogP contribution in [0.25, 0.3) is 0 Å². The normalized spacial score (nSPS) is 21.9. The summed E-state index contributed by atoms with van der Waals surface area (Å²) in [4.78, 5) is 11.7. The highest BCUT2D eigenvalue weighted by Gasteiger charge is 2.26. The van der Waals surface area contributed by atoms with Crippen LogP contribution in [0.2, 0.25) is 0 Å². The summed E-state index contributed by atoms with van der Waals surface area (Å²) in [7, 11) is 1.87. The van der Waals surface area contributed by atoms with Crippen LogP contribution in [0.1, 0.15) is 26.7 Å². The predicted octanol–water partition coefficient (Wildman–Crippen LogP) is 2.21. The molecule has 2 N–H and O–H groups in total. The monoisotopic (exact) mass is 373 g/mol. The van der Waals surface area contributed by atoms with Gasteiger partial charge in [-0.3, -0.25) is 9.89 Å². The molecule has 3 rings (SSSR count). The number of aliphatic imine (C=N–C) groups is 1. The Hall–Kier alpha value is -1.95. The van der Waals surface area contributed by atoms with Crippen LogP contribution in [0, 0.1) is 5.92 Å². The van der Waals surface area contributed by atoms with Gasteiger partial charge in [0, 0.05) is 52.4 Å². The number of nitrogens with zero attached hydrogens (tertiary/aromatic N) is 4. The number of guanidine groups is 1. The molecule has 0 radical (unpaired) electrons. The summed E-state index contributed by atoms with van der Waals surface area (Å²) < 4.78 is 0. The molecule has 27 heavy (non-hydrogen) atoms. The van der Waals surface area contributed by atoms with Crippen molar-refractivity contribution in [1.82, 2.24) is 15.1 Å². The summed E-state index contributed by atoms with van der Waals surface area (Å²) in [5.74, 6) is 2.08. The third kappa shape index (κ3) is 5.06. The van der Waals surface area contributed by atoms with Gasteiger partial charge in [-0.1, -0.05) is 26.0 Å². The number of para-hydroxylation sites is 2. The van der Waals surface area contributed by atoms with Crippen molar-refractivity contribution < 1.29 is 5.11 Å². The first-order chi connectivity index (χ1) is 13.1. The molecular weight excluding hydrogens is 338 g/mol. The van der Waals surface area contributed by atoms with E-state index in [4.69, 9.17) is 0 Å². The van der Waals surface area contributed by atoms with Crippen LogP contribution in [0.3, 0.4) is 0 Å². The molecule has 0 aliphatic carbocycles. The van der Waals surface area contributed by atoms with Crippen molar-refractivity contribution in [3.63, 3.8) is 0 Å². The van der Waals surface area contributed by atoms with Crippen molar-refractivity contribution in [1.29, 1.82) is 0 Å². The fourth-order valence-corrected chi connectivity index (χ4v) is 4.27. The zero-order valence-corrected chi connectivity index (χ0v) is 17.1. The minimum Gasteiger partial charge on any atom is -0.506 e. The summed E-state index contributed by atoms with van der Waals surface area (Å²) in [6, 6.07) is 8.21. The molecule has 1 aromatic rings. The summed E-state index contributed by atoms with van der Waals surface area (Å²) in [6.07, 6.45) is 2.58. The average molecular weight is 374 g/mol. The first kappa shape index (κ1) is 19.8. The number of piperazine rings is 1. The highest BCUT2D eigenvalue weighted by Crippen LogP contribution is 2.27. The maximum absolute atomic E-state index is 10.1. The van der Waals surface area contributed by atoms with Gasteiger partial charge in [0.1, 0.15) is 5.75 Å². The van der Waals surface area contributed by atoms with E-state index in [1.807, 2.05) is 25.2 Å². The van der Waals surface area contributed by atoms with Gasteiger partial charge in [-0.05, 0) is 37.4 Å². The van der Waals surface area contributed by atoms with Crippen LogP contribution < -0.4 is 10.2 Å². The van der Waals surface area contributed by atoms with E-state index in [-0.39, 0.29) is 0 Å². The predicted molar refractivity (Wildman–Crippen MR) is 113 cm³/mol. The Bertz CT molecular complexity index is 625. The SMILES string of the molecule is CN=C(NC[C@H]1CCCN1CC(C)C)N1CCN(c2ccccc2O)CC1. The van der Waals surface area contributed by atoms with E-state index in [9.17, 15) is 5.11 Å². The highest BCUT2D eigenvalue weighted by atomic mass is 16.3. The van der Waals surface area contributed by atoms with Gasteiger partial charge in [0.25, 0.3) is 0 Å². The second-order valence-electron chi connectivity index (χ2n) is 8.08. The second-order valence-corrected chi connectivity index (χ2v) is 8.08. The molecule has 1 aromatic carbocycles. The maximum atomic E-state index is 10.1. The molecule has 0 aromatic heterocycles. The Morgan fingerprint density at radius 2 is 1.93 bits per heavy atom. The quantitative estimate of drug-likeness (QED) is 0.612. The number of hydrogen-bond acceptors (Lipinski definition) is 4. The molecule has 0 bridgehead atoms. The van der Waals surface area contributed by atoms with Crippen molar-refractivity contribution in [2.24, 2.45) is 10.9 Å². The molecule has 2 fully saturated rings. The molecule has 2 aliphatic heterocycles. The Labute approximate surface area is 163 Å². The van der Waals surface area contributed by atoms with Crippen LogP contribution >= 0.6 is 0 Å². The number of nitrogens with one attached hydrogen (secondary N) is 1. The standard InChI is InChI=1S/C21H35N5O/c1-17(2)16-26-10-6-7-18(26)15-23-21(22-3)25-13-11-24(12-14-25)19-8-4-5-9-20(19)27/h4-5,8-9,17-18,27H,6-7,10-16H2,1-3H3,(H,22,23)/t18-/m1/s1. The average Bonchev–Trinajstić information content (AvgIpc) is 3.09. The molecule has 150 valence electrons. The minimum atomic E-state index is 0.361. The minimum absolute atomic E-state index is 0.361. The molecule has 2 heterocycles. The Morgan fingerprint density at radius 3 is 2.59 bits per heavy atom. The van der Waals surface area contributed by atoms with Crippen LogP contribution in [-0.4, -0.2) is 79.8 Å². The number of aromatic hydroxyl groups is 1. The summed E-state index contributed by atoms with van der Waals surface area (Å²) in [5, 5.41) is 13.7. The Morgan fingerprint density at radius 1 is 1.19 bits per heavy atom. The number of phenols is 1. The smallest absolute Gasteiger partial charge is 0.193 e. The third-order valence-electron chi connectivity index (χ3n) is 5.61. The maximum Gasteiger partial charge on any atom is 0.193 e. The van der Waals surface area contributed by atoms with Crippen LogP contribution in [0.5, 0.6) is 5.75 Å². The van der Waals surface area contributed by atoms with E-state index in [1.54, 1.807) is 6.07 Å². The van der Waals surface area contributed by atoms with Crippen molar-refractivity contribution in [3.8, 4) is 5.75 Å². The fourth-order valence-electron chi connectivity index (χ4n) is 4.27. The van der Waals surface area contributed by atoms with Gasteiger partial charge < -0.3 is 20.2 Å². The lowest BCUT2D eigenvalue weighted by Gasteiger charge is -2.38. The molecular formula is C21H35N5O. The largest absolute Gasteiger partial charge is 0.506 e. The number of anilines is 1. The second kappa shape index (κ2) is 9.31. The lowest BCUT2D eigenvalue weighted by molar-refractivity contribution is 0.225. The number of benzene rings is 1. The summed E-state index contributed by atoms with van der Waals surface area (Å²) in [5.41, 5.74) is 0.926. The fraction of sp³-hybridized carbons (Fsp3) is 0.667. The van der Waals surface area contributed by atoms with Crippen molar-refractivity contribution in [3.05, 3.63) is 24.3 Å².